The third-order valence-electron chi connectivity index (χ3n) is 2.30. The van der Waals surface area contributed by atoms with Crippen molar-refractivity contribution < 1.29 is 17.5 Å². The Morgan fingerprint density at radius 1 is 0.739 bits per heavy atom. The lowest BCUT2D eigenvalue weighted by atomic mass is 10.2. The van der Waals surface area contributed by atoms with E-state index < -0.39 is 10.4 Å². The highest BCUT2D eigenvalue weighted by Crippen LogP contribution is 2.11. The predicted octanol–water partition coefficient (Wildman–Crippen LogP) is 3.62. The summed E-state index contributed by atoms with van der Waals surface area (Å²) >= 11 is 0. The van der Waals surface area contributed by atoms with Gasteiger partial charge in [0.1, 0.15) is 0 Å². The van der Waals surface area contributed by atoms with Crippen molar-refractivity contribution >= 4 is 21.8 Å². The van der Waals surface area contributed by atoms with Crippen LogP contribution in [0.4, 0.5) is 11.4 Å². The first-order valence-electron chi connectivity index (χ1n) is 6.16. The standard InChI is InChI=1S/2C7H7N2.H2O4S/c2*1-6-2-4-7(9-8)5-3-6;1-5(2,3)4/h2*2-5H,1H3;(H2,1,2,3,4)/q2*+1;/p-2. The number of aryl methyl sites for hydroxylation is 2. The second-order valence-corrected chi connectivity index (χ2v) is 5.10. The van der Waals surface area contributed by atoms with Crippen molar-refractivity contribution in [2.24, 2.45) is 0 Å². The third-order valence-corrected chi connectivity index (χ3v) is 2.30. The van der Waals surface area contributed by atoms with E-state index in [0.29, 0.717) is 11.4 Å². The Kier molecular flexibility index (Phi) is 8.74. The Hall–Kier alpha value is -2.85. The van der Waals surface area contributed by atoms with Gasteiger partial charge >= 0.3 is 11.4 Å². The number of nitrogens with zero attached hydrogens (tertiary/aromatic N) is 4. The summed E-state index contributed by atoms with van der Waals surface area (Å²) in [6.07, 6.45) is 0. The van der Waals surface area contributed by atoms with Gasteiger partial charge in [0, 0.05) is 34.7 Å². The van der Waals surface area contributed by atoms with Gasteiger partial charge in [-0.25, -0.2) is 0 Å². The van der Waals surface area contributed by atoms with Gasteiger partial charge in [0.25, 0.3) is 0 Å². The van der Waals surface area contributed by atoms with E-state index in [4.69, 9.17) is 28.3 Å². The lowest BCUT2D eigenvalue weighted by Crippen LogP contribution is -1.91. The van der Waals surface area contributed by atoms with Crippen LogP contribution in [0.25, 0.3) is 9.95 Å². The maximum Gasteiger partial charge on any atom is 0.385 e. The minimum Gasteiger partial charge on any atom is -0.759 e. The summed E-state index contributed by atoms with van der Waals surface area (Å²) in [7, 11) is -5.17. The first-order valence-corrected chi connectivity index (χ1v) is 7.49. The Morgan fingerprint density at radius 2 is 0.957 bits per heavy atom. The van der Waals surface area contributed by atoms with Crippen LogP contribution >= 0.6 is 0 Å². The molecule has 2 aromatic carbocycles. The fourth-order valence-electron chi connectivity index (χ4n) is 1.22. The molecule has 0 saturated carbocycles. The maximum atomic E-state index is 8.52. The van der Waals surface area contributed by atoms with E-state index >= 15 is 0 Å². The van der Waals surface area contributed by atoms with E-state index in [2.05, 4.69) is 9.95 Å². The molecule has 0 aliphatic heterocycles. The monoisotopic (exact) mass is 334 g/mol. The van der Waals surface area contributed by atoms with E-state index in [1.165, 1.54) is 11.1 Å². The number of hydrogen-bond donors (Lipinski definition) is 0. The van der Waals surface area contributed by atoms with Crippen LogP contribution in [0.3, 0.4) is 0 Å². The van der Waals surface area contributed by atoms with Gasteiger partial charge in [-0.05, 0) is 13.8 Å². The fourth-order valence-corrected chi connectivity index (χ4v) is 1.22. The van der Waals surface area contributed by atoms with Crippen molar-refractivity contribution in [1.29, 1.82) is 10.8 Å². The molecule has 23 heavy (non-hydrogen) atoms. The van der Waals surface area contributed by atoms with Gasteiger partial charge in [-0.15, -0.1) is 0 Å². The fraction of sp³-hybridized carbons (Fsp3) is 0.143. The number of hydrogen-bond acceptors (Lipinski definition) is 6. The maximum absolute atomic E-state index is 8.52. The topological polar surface area (TPSA) is 137 Å². The molecule has 0 radical (unpaired) electrons. The van der Waals surface area contributed by atoms with Crippen molar-refractivity contribution in [2.45, 2.75) is 13.8 Å². The Balaban J connectivity index is 0.000000332. The van der Waals surface area contributed by atoms with Crippen LogP contribution in [0, 0.1) is 24.6 Å². The molecule has 2 aromatic rings. The zero-order chi connectivity index (χ0) is 17.9. The SMILES string of the molecule is Cc1ccc([N+]#N)cc1.Cc1ccc([N+]#N)cc1.O=S(=O)([O-])[O-]. The highest BCUT2D eigenvalue weighted by Gasteiger charge is 1.99. The molecule has 0 saturated heterocycles. The van der Waals surface area contributed by atoms with Gasteiger partial charge in [0.05, 0.1) is 0 Å². The summed E-state index contributed by atoms with van der Waals surface area (Å²) in [5.41, 5.74) is 3.53. The first kappa shape index (κ1) is 20.1. The molecule has 0 unspecified atom stereocenters. The largest absolute Gasteiger partial charge is 0.759 e. The number of rotatable bonds is 0. The average Bonchev–Trinajstić information content (AvgIpc) is 2.48. The van der Waals surface area contributed by atoms with Gasteiger partial charge in [-0.1, -0.05) is 35.4 Å². The number of benzene rings is 2. The summed E-state index contributed by atoms with van der Waals surface area (Å²) in [6, 6.07) is 14.6. The lowest BCUT2D eigenvalue weighted by molar-refractivity contribution is 0.352. The zero-order valence-corrected chi connectivity index (χ0v) is 13.3. The molecule has 0 heterocycles. The molecule has 0 aliphatic rings. The Morgan fingerprint density at radius 3 is 1.13 bits per heavy atom. The van der Waals surface area contributed by atoms with Crippen LogP contribution in [-0.4, -0.2) is 17.5 Å². The van der Waals surface area contributed by atoms with Crippen LogP contribution < -0.4 is 0 Å². The van der Waals surface area contributed by atoms with Gasteiger partial charge in [0.15, 0.2) is 9.95 Å². The molecular formula is C14H14N4O4S. The van der Waals surface area contributed by atoms with Crippen molar-refractivity contribution in [3.8, 4) is 0 Å². The second-order valence-electron chi connectivity index (χ2n) is 4.28. The van der Waals surface area contributed by atoms with Gasteiger partial charge in [-0.3, -0.25) is 8.42 Å². The molecule has 0 aliphatic carbocycles. The molecule has 8 nitrogen and oxygen atoms in total. The normalized spacial score (nSPS) is 9.13. The van der Waals surface area contributed by atoms with E-state index in [9.17, 15) is 0 Å². The van der Waals surface area contributed by atoms with Crippen LogP contribution in [0.5, 0.6) is 0 Å². The average molecular weight is 334 g/mol. The molecule has 120 valence electrons. The summed E-state index contributed by atoms with van der Waals surface area (Å²) < 4.78 is 34.1. The van der Waals surface area contributed by atoms with Crippen molar-refractivity contribution in [1.82, 2.24) is 0 Å². The highest BCUT2D eigenvalue weighted by molar-refractivity contribution is 7.79. The van der Waals surface area contributed by atoms with Gasteiger partial charge in [-0.2, -0.15) is 0 Å². The van der Waals surface area contributed by atoms with Gasteiger partial charge < -0.3 is 9.11 Å². The van der Waals surface area contributed by atoms with Crippen LogP contribution in [0.2, 0.25) is 0 Å². The minimum atomic E-state index is -5.17. The molecule has 2 rings (SSSR count). The van der Waals surface area contributed by atoms with Crippen LogP contribution in [0.15, 0.2) is 48.5 Å². The summed E-state index contributed by atoms with van der Waals surface area (Å²) in [5, 5.41) is 16.5. The zero-order valence-electron chi connectivity index (χ0n) is 12.4. The lowest BCUT2D eigenvalue weighted by Gasteiger charge is -2.06. The molecule has 0 fully saturated rings. The van der Waals surface area contributed by atoms with Crippen molar-refractivity contribution in [3.63, 3.8) is 0 Å². The molecular weight excluding hydrogens is 320 g/mol. The predicted molar refractivity (Wildman–Crippen MR) is 82.3 cm³/mol. The molecule has 9 heteroatoms. The quantitative estimate of drug-likeness (QED) is 0.410. The molecule has 0 N–H and O–H groups in total. The second kappa shape index (κ2) is 9.97. The highest BCUT2D eigenvalue weighted by atomic mass is 32.3. The van der Waals surface area contributed by atoms with Crippen LogP contribution in [0.1, 0.15) is 11.1 Å². The summed E-state index contributed by atoms with van der Waals surface area (Å²) in [6.45, 7) is 3.97. The summed E-state index contributed by atoms with van der Waals surface area (Å²) in [4.78, 5) is 6.02. The Labute approximate surface area is 134 Å². The third kappa shape index (κ3) is 12.6. The van der Waals surface area contributed by atoms with E-state index in [-0.39, 0.29) is 0 Å². The summed E-state index contributed by atoms with van der Waals surface area (Å²) in [5.74, 6) is 0. The Bertz CT molecular complexity index is 725. The minimum absolute atomic E-state index is 0.598. The molecule has 0 bridgehead atoms. The van der Waals surface area contributed by atoms with E-state index in [1.54, 1.807) is 24.3 Å². The number of diazo groups is 2. The molecule has 0 spiro atoms. The van der Waals surface area contributed by atoms with Crippen molar-refractivity contribution in [2.75, 3.05) is 0 Å². The van der Waals surface area contributed by atoms with Gasteiger partial charge in [0.2, 0.25) is 10.8 Å². The molecule has 0 aromatic heterocycles. The van der Waals surface area contributed by atoms with E-state index in [0.717, 1.165) is 0 Å². The molecule has 0 atom stereocenters. The van der Waals surface area contributed by atoms with E-state index in [1.807, 2.05) is 38.1 Å². The first-order chi connectivity index (χ1) is 10.7. The van der Waals surface area contributed by atoms with Crippen molar-refractivity contribution in [3.05, 3.63) is 69.6 Å². The smallest absolute Gasteiger partial charge is 0.385 e. The van der Waals surface area contributed by atoms with Crippen LogP contribution in [-0.2, 0) is 10.4 Å². The molecule has 0 amide bonds.